The van der Waals surface area contributed by atoms with Gasteiger partial charge in [0.05, 0.1) is 6.10 Å². The molecular formula is C15H22BrFN2O. The van der Waals surface area contributed by atoms with Crippen LogP contribution in [0.4, 0.5) is 4.39 Å². The summed E-state index contributed by atoms with van der Waals surface area (Å²) in [5, 5.41) is 0. The summed E-state index contributed by atoms with van der Waals surface area (Å²) in [4.78, 5) is 2.29. The number of nitrogens with zero attached hydrogens (tertiary/aromatic N) is 1. The normalized spacial score (nSPS) is 17.6. The lowest BCUT2D eigenvalue weighted by atomic mass is 10.1. The van der Waals surface area contributed by atoms with Crippen LogP contribution in [0.15, 0.2) is 22.7 Å². The van der Waals surface area contributed by atoms with Crippen LogP contribution in [0.2, 0.25) is 0 Å². The Bertz CT molecular complexity index is 422. The van der Waals surface area contributed by atoms with Crippen LogP contribution >= 0.6 is 15.9 Å². The maximum absolute atomic E-state index is 13.7. The van der Waals surface area contributed by atoms with Crippen molar-refractivity contribution in [3.05, 3.63) is 34.1 Å². The Balaban J connectivity index is 1.78. The predicted molar refractivity (Wildman–Crippen MR) is 82.0 cm³/mol. The van der Waals surface area contributed by atoms with Crippen molar-refractivity contribution in [1.29, 1.82) is 0 Å². The molecule has 112 valence electrons. The molecule has 0 atom stereocenters. The van der Waals surface area contributed by atoms with E-state index in [1.807, 2.05) is 6.07 Å². The Morgan fingerprint density at radius 1 is 1.35 bits per heavy atom. The summed E-state index contributed by atoms with van der Waals surface area (Å²) >= 11 is 3.39. The third-order valence-electron chi connectivity index (χ3n) is 3.64. The topological polar surface area (TPSA) is 38.5 Å². The van der Waals surface area contributed by atoms with Crippen LogP contribution < -0.4 is 5.73 Å². The van der Waals surface area contributed by atoms with Gasteiger partial charge in [0.2, 0.25) is 0 Å². The van der Waals surface area contributed by atoms with Crippen molar-refractivity contribution in [3.8, 4) is 0 Å². The summed E-state index contributed by atoms with van der Waals surface area (Å²) < 4.78 is 20.4. The third kappa shape index (κ3) is 4.81. The van der Waals surface area contributed by atoms with Gasteiger partial charge in [0, 0.05) is 36.3 Å². The summed E-state index contributed by atoms with van der Waals surface area (Å²) in [5.74, 6) is -0.130. The van der Waals surface area contributed by atoms with Crippen LogP contribution in [0.1, 0.15) is 24.8 Å². The molecule has 1 aliphatic heterocycles. The van der Waals surface area contributed by atoms with Gasteiger partial charge in [-0.15, -0.1) is 0 Å². The van der Waals surface area contributed by atoms with Gasteiger partial charge in [-0.1, -0.05) is 15.9 Å². The van der Waals surface area contributed by atoms with Crippen molar-refractivity contribution < 1.29 is 9.13 Å². The zero-order chi connectivity index (χ0) is 14.4. The number of rotatable bonds is 6. The van der Waals surface area contributed by atoms with E-state index in [2.05, 4.69) is 20.8 Å². The standard InChI is InChI=1S/C15H22BrFN2O/c16-13-2-3-15(17)12(10-13)11-19-7-4-14(5-8-19)20-9-1-6-18/h2-3,10,14H,1,4-9,11,18H2. The molecule has 0 radical (unpaired) electrons. The van der Waals surface area contributed by atoms with E-state index >= 15 is 0 Å². The quantitative estimate of drug-likeness (QED) is 0.806. The molecule has 0 bridgehead atoms. The number of hydrogen-bond acceptors (Lipinski definition) is 3. The first-order valence-electron chi connectivity index (χ1n) is 7.17. The zero-order valence-corrected chi connectivity index (χ0v) is 13.2. The fourth-order valence-electron chi connectivity index (χ4n) is 2.47. The number of benzene rings is 1. The number of nitrogens with two attached hydrogens (primary N) is 1. The number of ether oxygens (including phenoxy) is 1. The van der Waals surface area contributed by atoms with Crippen molar-refractivity contribution in [2.24, 2.45) is 5.73 Å². The first kappa shape index (κ1) is 15.9. The summed E-state index contributed by atoms with van der Waals surface area (Å²) in [6, 6.07) is 5.11. The molecule has 2 N–H and O–H groups in total. The van der Waals surface area contributed by atoms with Crippen molar-refractivity contribution in [3.63, 3.8) is 0 Å². The van der Waals surface area contributed by atoms with E-state index in [0.717, 1.165) is 49.0 Å². The molecular weight excluding hydrogens is 323 g/mol. The first-order chi connectivity index (χ1) is 9.69. The summed E-state index contributed by atoms with van der Waals surface area (Å²) in [6.45, 7) is 4.02. The molecule has 0 aliphatic carbocycles. The van der Waals surface area contributed by atoms with Crippen molar-refractivity contribution in [2.75, 3.05) is 26.2 Å². The van der Waals surface area contributed by atoms with Gasteiger partial charge < -0.3 is 10.5 Å². The summed E-state index contributed by atoms with van der Waals surface area (Å²) in [6.07, 6.45) is 3.29. The number of hydrogen-bond donors (Lipinski definition) is 1. The van der Waals surface area contributed by atoms with E-state index in [-0.39, 0.29) is 5.82 Å². The monoisotopic (exact) mass is 344 g/mol. The molecule has 1 aliphatic rings. The van der Waals surface area contributed by atoms with E-state index in [0.29, 0.717) is 19.2 Å². The largest absolute Gasteiger partial charge is 0.378 e. The third-order valence-corrected chi connectivity index (χ3v) is 4.13. The minimum Gasteiger partial charge on any atom is -0.378 e. The molecule has 1 fully saturated rings. The summed E-state index contributed by atoms with van der Waals surface area (Å²) in [7, 11) is 0. The second-order valence-corrected chi connectivity index (χ2v) is 6.14. The fraction of sp³-hybridized carbons (Fsp3) is 0.600. The highest BCUT2D eigenvalue weighted by atomic mass is 79.9. The van der Waals surface area contributed by atoms with Crippen molar-refractivity contribution in [1.82, 2.24) is 4.90 Å². The lowest BCUT2D eigenvalue weighted by molar-refractivity contribution is 0.00546. The highest BCUT2D eigenvalue weighted by molar-refractivity contribution is 9.10. The molecule has 0 spiro atoms. The molecule has 1 aromatic rings. The maximum atomic E-state index is 13.7. The van der Waals surface area contributed by atoms with Gasteiger partial charge in [-0.25, -0.2) is 4.39 Å². The molecule has 0 amide bonds. The fourth-order valence-corrected chi connectivity index (χ4v) is 2.88. The van der Waals surface area contributed by atoms with E-state index in [9.17, 15) is 4.39 Å². The van der Waals surface area contributed by atoms with Gasteiger partial charge in [-0.05, 0) is 44.0 Å². The van der Waals surface area contributed by atoms with Gasteiger partial charge in [-0.3, -0.25) is 4.90 Å². The van der Waals surface area contributed by atoms with Crippen LogP contribution in [0, 0.1) is 5.82 Å². The molecule has 1 aromatic carbocycles. The number of piperidine rings is 1. The van der Waals surface area contributed by atoms with Crippen molar-refractivity contribution in [2.45, 2.75) is 31.9 Å². The Morgan fingerprint density at radius 3 is 2.80 bits per heavy atom. The predicted octanol–water partition coefficient (Wildman–Crippen LogP) is 2.92. The number of likely N-dealkylation sites (tertiary alicyclic amines) is 1. The Hall–Kier alpha value is -0.490. The van der Waals surface area contributed by atoms with Crippen LogP contribution in [0.25, 0.3) is 0 Å². The second-order valence-electron chi connectivity index (χ2n) is 5.22. The first-order valence-corrected chi connectivity index (χ1v) is 7.96. The minimum atomic E-state index is -0.130. The lowest BCUT2D eigenvalue weighted by Gasteiger charge is -2.32. The SMILES string of the molecule is NCCCOC1CCN(Cc2cc(Br)ccc2F)CC1. The van der Waals surface area contributed by atoms with Crippen LogP contribution in [-0.2, 0) is 11.3 Å². The van der Waals surface area contributed by atoms with Gasteiger partial charge in [0.15, 0.2) is 0 Å². The molecule has 1 heterocycles. The van der Waals surface area contributed by atoms with E-state index < -0.39 is 0 Å². The van der Waals surface area contributed by atoms with Gasteiger partial charge in [-0.2, -0.15) is 0 Å². The molecule has 5 heteroatoms. The lowest BCUT2D eigenvalue weighted by Crippen LogP contribution is -2.37. The number of halogens is 2. The van der Waals surface area contributed by atoms with E-state index in [4.69, 9.17) is 10.5 Å². The van der Waals surface area contributed by atoms with Gasteiger partial charge in [0.25, 0.3) is 0 Å². The van der Waals surface area contributed by atoms with Crippen LogP contribution in [0.5, 0.6) is 0 Å². The Labute approximate surface area is 128 Å². The Morgan fingerprint density at radius 2 is 2.10 bits per heavy atom. The zero-order valence-electron chi connectivity index (χ0n) is 11.7. The molecule has 20 heavy (non-hydrogen) atoms. The average molecular weight is 345 g/mol. The average Bonchev–Trinajstić information content (AvgIpc) is 2.45. The van der Waals surface area contributed by atoms with Crippen LogP contribution in [0.3, 0.4) is 0 Å². The van der Waals surface area contributed by atoms with Crippen LogP contribution in [-0.4, -0.2) is 37.2 Å². The van der Waals surface area contributed by atoms with E-state index in [1.165, 1.54) is 6.07 Å². The highest BCUT2D eigenvalue weighted by Crippen LogP contribution is 2.20. The highest BCUT2D eigenvalue weighted by Gasteiger charge is 2.20. The second kappa shape index (κ2) is 8.08. The minimum absolute atomic E-state index is 0.130. The molecule has 0 unspecified atom stereocenters. The van der Waals surface area contributed by atoms with Gasteiger partial charge >= 0.3 is 0 Å². The molecule has 2 rings (SSSR count). The van der Waals surface area contributed by atoms with Crippen molar-refractivity contribution >= 4 is 15.9 Å². The van der Waals surface area contributed by atoms with Gasteiger partial charge in [0.1, 0.15) is 5.82 Å². The smallest absolute Gasteiger partial charge is 0.127 e. The summed E-state index contributed by atoms with van der Waals surface area (Å²) in [5.41, 5.74) is 6.20. The molecule has 3 nitrogen and oxygen atoms in total. The maximum Gasteiger partial charge on any atom is 0.127 e. The molecule has 0 saturated carbocycles. The Kier molecular flexibility index (Phi) is 6.42. The molecule has 1 saturated heterocycles. The van der Waals surface area contributed by atoms with E-state index in [1.54, 1.807) is 6.07 Å². The molecule has 0 aromatic heterocycles.